The molecule has 3 rings (SSSR count). The summed E-state index contributed by atoms with van der Waals surface area (Å²) in [6, 6.07) is 8.98. The van der Waals surface area contributed by atoms with E-state index >= 15 is 0 Å². The molecule has 29 heavy (non-hydrogen) atoms. The molecule has 1 saturated carbocycles. The van der Waals surface area contributed by atoms with Gasteiger partial charge in [0.25, 0.3) is 0 Å². The summed E-state index contributed by atoms with van der Waals surface area (Å²) in [7, 11) is -4.16. The fourth-order valence-corrected chi connectivity index (χ4v) is 4.10. The van der Waals surface area contributed by atoms with Crippen LogP contribution in [0.25, 0.3) is 0 Å². The molecule has 0 aliphatic heterocycles. The van der Waals surface area contributed by atoms with Crippen LogP contribution in [0.5, 0.6) is 5.75 Å². The molecule has 1 amide bonds. The van der Waals surface area contributed by atoms with Crippen molar-refractivity contribution in [3.05, 3.63) is 58.9 Å². The number of rotatable bonds is 8. The van der Waals surface area contributed by atoms with E-state index in [0.29, 0.717) is 23.0 Å². The summed E-state index contributed by atoms with van der Waals surface area (Å²) >= 11 is 6.12. The standard InChI is InChI=1S/C21H23ClFNO4S/c1-14(2)21(25)24(12-15-3-4-15)13-16-11-17(22)5-10-20(16)28-29(26,27)19-8-6-18(23)7-9-19/h5-11,14-15H,3-4,12-13H2,1-2H3. The second kappa shape index (κ2) is 8.71. The van der Waals surface area contributed by atoms with Gasteiger partial charge in [-0.2, -0.15) is 8.42 Å². The molecule has 0 bridgehead atoms. The Labute approximate surface area is 175 Å². The van der Waals surface area contributed by atoms with Crippen LogP contribution in [0.2, 0.25) is 5.02 Å². The summed E-state index contributed by atoms with van der Waals surface area (Å²) in [6.07, 6.45) is 2.17. The van der Waals surface area contributed by atoms with Crippen molar-refractivity contribution in [3.63, 3.8) is 0 Å². The summed E-state index contributed by atoms with van der Waals surface area (Å²) in [5.41, 5.74) is 0.498. The summed E-state index contributed by atoms with van der Waals surface area (Å²) in [6.45, 7) is 4.48. The van der Waals surface area contributed by atoms with Gasteiger partial charge in [0.1, 0.15) is 16.5 Å². The number of benzene rings is 2. The van der Waals surface area contributed by atoms with Gasteiger partial charge < -0.3 is 9.08 Å². The summed E-state index contributed by atoms with van der Waals surface area (Å²) in [5, 5.41) is 0.412. The highest BCUT2D eigenvalue weighted by Crippen LogP contribution is 2.33. The largest absolute Gasteiger partial charge is 0.379 e. The predicted octanol–water partition coefficient (Wildman–Crippen LogP) is 4.64. The first-order valence-electron chi connectivity index (χ1n) is 9.43. The summed E-state index contributed by atoms with van der Waals surface area (Å²) < 4.78 is 43.7. The zero-order valence-electron chi connectivity index (χ0n) is 16.3. The normalized spacial score (nSPS) is 14.1. The van der Waals surface area contributed by atoms with Gasteiger partial charge in [0, 0.05) is 29.6 Å². The minimum Gasteiger partial charge on any atom is -0.379 e. The molecule has 0 radical (unpaired) electrons. The van der Waals surface area contributed by atoms with Crippen LogP contribution < -0.4 is 4.18 Å². The zero-order chi connectivity index (χ0) is 21.2. The van der Waals surface area contributed by atoms with Crippen molar-refractivity contribution in [1.82, 2.24) is 4.90 Å². The lowest BCUT2D eigenvalue weighted by Crippen LogP contribution is -2.35. The molecule has 0 N–H and O–H groups in total. The monoisotopic (exact) mass is 439 g/mol. The van der Waals surface area contributed by atoms with E-state index in [9.17, 15) is 17.6 Å². The highest BCUT2D eigenvalue weighted by Gasteiger charge is 2.29. The second-order valence-corrected chi connectivity index (χ2v) is 9.54. The molecule has 0 unspecified atom stereocenters. The van der Waals surface area contributed by atoms with E-state index in [1.807, 2.05) is 13.8 Å². The molecular formula is C21H23ClFNO4S. The molecule has 0 saturated heterocycles. The number of hydrogen-bond acceptors (Lipinski definition) is 4. The maximum atomic E-state index is 13.1. The van der Waals surface area contributed by atoms with Gasteiger partial charge in [0.15, 0.2) is 0 Å². The number of carbonyl (C=O) groups is 1. The van der Waals surface area contributed by atoms with Gasteiger partial charge in [-0.05, 0) is 61.2 Å². The van der Waals surface area contributed by atoms with E-state index in [-0.39, 0.29) is 29.0 Å². The van der Waals surface area contributed by atoms with Crippen LogP contribution in [0.3, 0.4) is 0 Å². The lowest BCUT2D eigenvalue weighted by Gasteiger charge is -2.25. The second-order valence-electron chi connectivity index (χ2n) is 7.56. The predicted molar refractivity (Wildman–Crippen MR) is 109 cm³/mol. The minimum absolute atomic E-state index is 0.00998. The highest BCUT2D eigenvalue weighted by atomic mass is 35.5. The molecule has 0 atom stereocenters. The van der Waals surface area contributed by atoms with Gasteiger partial charge in [0.2, 0.25) is 5.91 Å². The van der Waals surface area contributed by atoms with Gasteiger partial charge in [-0.3, -0.25) is 4.79 Å². The van der Waals surface area contributed by atoms with Gasteiger partial charge in [-0.25, -0.2) is 4.39 Å². The Morgan fingerprint density at radius 3 is 2.45 bits per heavy atom. The Morgan fingerprint density at radius 1 is 1.21 bits per heavy atom. The maximum Gasteiger partial charge on any atom is 0.339 e. The first-order chi connectivity index (χ1) is 13.7. The van der Waals surface area contributed by atoms with Crippen LogP contribution in [0.15, 0.2) is 47.4 Å². The first-order valence-corrected chi connectivity index (χ1v) is 11.2. The Bertz CT molecular complexity index is 988. The highest BCUT2D eigenvalue weighted by molar-refractivity contribution is 7.87. The molecule has 0 heterocycles. The molecular weight excluding hydrogens is 417 g/mol. The summed E-state index contributed by atoms with van der Waals surface area (Å²) in [4.78, 5) is 14.2. The van der Waals surface area contributed by atoms with E-state index in [1.54, 1.807) is 11.0 Å². The molecule has 2 aromatic carbocycles. The molecule has 5 nitrogen and oxygen atoms in total. The van der Waals surface area contributed by atoms with E-state index < -0.39 is 15.9 Å². The number of nitrogens with zero attached hydrogens (tertiary/aromatic N) is 1. The van der Waals surface area contributed by atoms with Crippen LogP contribution >= 0.6 is 11.6 Å². The third kappa shape index (κ3) is 5.70. The van der Waals surface area contributed by atoms with Crippen LogP contribution in [-0.2, 0) is 21.5 Å². The Balaban J connectivity index is 1.88. The van der Waals surface area contributed by atoms with Crippen LogP contribution in [0.4, 0.5) is 4.39 Å². The molecule has 8 heteroatoms. The van der Waals surface area contributed by atoms with Crippen LogP contribution in [0, 0.1) is 17.7 Å². The van der Waals surface area contributed by atoms with E-state index in [2.05, 4.69) is 0 Å². The Kier molecular flexibility index (Phi) is 6.49. The Morgan fingerprint density at radius 2 is 1.86 bits per heavy atom. The molecule has 156 valence electrons. The number of amides is 1. The maximum absolute atomic E-state index is 13.1. The van der Waals surface area contributed by atoms with Crippen molar-refractivity contribution in [2.24, 2.45) is 11.8 Å². The zero-order valence-corrected chi connectivity index (χ0v) is 17.8. The molecule has 1 fully saturated rings. The fourth-order valence-electron chi connectivity index (χ4n) is 2.94. The third-order valence-corrected chi connectivity index (χ3v) is 6.15. The smallest absolute Gasteiger partial charge is 0.339 e. The topological polar surface area (TPSA) is 63.7 Å². The van der Waals surface area contributed by atoms with Gasteiger partial charge in [0.05, 0.1) is 0 Å². The molecule has 0 aromatic heterocycles. The minimum atomic E-state index is -4.16. The van der Waals surface area contributed by atoms with E-state index in [4.69, 9.17) is 15.8 Å². The molecule has 1 aliphatic rings. The van der Waals surface area contributed by atoms with Crippen molar-refractivity contribution in [1.29, 1.82) is 0 Å². The summed E-state index contributed by atoms with van der Waals surface area (Å²) in [5.74, 6) is -0.163. The third-order valence-electron chi connectivity index (χ3n) is 4.67. The number of hydrogen-bond donors (Lipinski definition) is 0. The van der Waals surface area contributed by atoms with Gasteiger partial charge >= 0.3 is 10.1 Å². The van der Waals surface area contributed by atoms with Gasteiger partial charge in [-0.15, -0.1) is 0 Å². The van der Waals surface area contributed by atoms with Crippen LogP contribution in [0.1, 0.15) is 32.3 Å². The lowest BCUT2D eigenvalue weighted by atomic mass is 10.1. The molecule has 1 aliphatic carbocycles. The number of halogens is 2. The number of carbonyl (C=O) groups excluding carboxylic acids is 1. The van der Waals surface area contributed by atoms with E-state index in [0.717, 1.165) is 37.1 Å². The lowest BCUT2D eigenvalue weighted by molar-refractivity contribution is -0.135. The average Bonchev–Trinajstić information content (AvgIpc) is 3.47. The SMILES string of the molecule is CC(C)C(=O)N(Cc1cc(Cl)ccc1OS(=O)(=O)c1ccc(F)cc1)CC1CC1. The first kappa shape index (κ1) is 21.6. The quantitative estimate of drug-likeness (QED) is 0.562. The average molecular weight is 440 g/mol. The van der Waals surface area contributed by atoms with Crippen molar-refractivity contribution < 1.29 is 21.8 Å². The van der Waals surface area contributed by atoms with Crippen molar-refractivity contribution in [3.8, 4) is 5.75 Å². The fraction of sp³-hybridized carbons (Fsp3) is 0.381. The van der Waals surface area contributed by atoms with Crippen molar-refractivity contribution >= 4 is 27.6 Å². The molecule has 2 aromatic rings. The molecule has 0 spiro atoms. The van der Waals surface area contributed by atoms with Crippen molar-refractivity contribution in [2.45, 2.75) is 38.1 Å². The Hall–Kier alpha value is -2.12. The van der Waals surface area contributed by atoms with Crippen molar-refractivity contribution in [2.75, 3.05) is 6.54 Å². The van der Waals surface area contributed by atoms with E-state index in [1.165, 1.54) is 12.1 Å². The van der Waals surface area contributed by atoms with Crippen LogP contribution in [-0.4, -0.2) is 25.8 Å². The van der Waals surface area contributed by atoms with Gasteiger partial charge in [-0.1, -0.05) is 25.4 Å².